The molecule has 19 heavy (non-hydrogen) atoms. The van der Waals surface area contributed by atoms with E-state index in [-0.39, 0.29) is 5.69 Å². The molecule has 1 amide bonds. The third kappa shape index (κ3) is 3.27. The van der Waals surface area contributed by atoms with Gasteiger partial charge in [0.1, 0.15) is 0 Å². The second-order valence-corrected chi connectivity index (χ2v) is 4.78. The lowest BCUT2D eigenvalue weighted by Gasteiger charge is -2.09. The molecule has 0 saturated heterocycles. The van der Waals surface area contributed by atoms with Gasteiger partial charge >= 0.3 is 0 Å². The van der Waals surface area contributed by atoms with E-state index < -0.39 is 5.91 Å². The molecule has 0 aliphatic carbocycles. The van der Waals surface area contributed by atoms with Gasteiger partial charge in [-0.15, -0.1) is 5.10 Å². The van der Waals surface area contributed by atoms with Crippen LogP contribution in [0.5, 0.6) is 0 Å². The van der Waals surface area contributed by atoms with Gasteiger partial charge in [0.05, 0.1) is 6.21 Å². The number of halogens is 1. The van der Waals surface area contributed by atoms with Crippen molar-refractivity contribution in [2.24, 2.45) is 10.8 Å². The highest BCUT2D eigenvalue weighted by Gasteiger charge is 2.16. The van der Waals surface area contributed by atoms with E-state index in [1.165, 1.54) is 5.01 Å². The Morgan fingerprint density at radius 2 is 2.16 bits per heavy atom. The molecule has 2 N–H and O–H groups in total. The Bertz CT molecular complexity index is 610. The van der Waals surface area contributed by atoms with Crippen LogP contribution in [-0.4, -0.2) is 28.8 Å². The number of carbonyl (C=O) groups is 1. The molecule has 2 aromatic rings. The van der Waals surface area contributed by atoms with Gasteiger partial charge in [-0.25, -0.2) is 0 Å². The Labute approximate surface area is 118 Å². The maximum Gasteiger partial charge on any atom is 0.272 e. The molecule has 0 fully saturated rings. The Morgan fingerprint density at radius 1 is 1.47 bits per heavy atom. The second kappa shape index (κ2) is 5.77. The molecule has 0 radical (unpaired) electrons. The van der Waals surface area contributed by atoms with Gasteiger partial charge in [-0.1, -0.05) is 28.2 Å². The molecule has 0 spiro atoms. The first-order chi connectivity index (χ1) is 9.08. The van der Waals surface area contributed by atoms with Crippen molar-refractivity contribution >= 4 is 40.3 Å². The summed E-state index contributed by atoms with van der Waals surface area (Å²) in [6, 6.07) is 7.21. The number of nitrogens with two attached hydrogens (primary N) is 1. The van der Waals surface area contributed by atoms with E-state index in [1.807, 2.05) is 12.1 Å². The van der Waals surface area contributed by atoms with Crippen LogP contribution in [0.15, 0.2) is 29.4 Å². The van der Waals surface area contributed by atoms with Crippen molar-refractivity contribution in [2.75, 3.05) is 12.1 Å². The fourth-order valence-electron chi connectivity index (χ4n) is 1.31. The minimum absolute atomic E-state index is 0.112. The number of hydrogen-bond acceptors (Lipinski definition) is 6. The highest BCUT2D eigenvalue weighted by molar-refractivity contribution is 7.10. The SMILES string of the molecule is CN(/N=C/c1ccc(Cl)cc1)c1snnc1C(N)=O. The monoisotopic (exact) mass is 295 g/mol. The molecule has 0 aliphatic heterocycles. The largest absolute Gasteiger partial charge is 0.364 e. The van der Waals surface area contributed by atoms with E-state index in [2.05, 4.69) is 14.7 Å². The zero-order chi connectivity index (χ0) is 13.8. The van der Waals surface area contributed by atoms with E-state index in [0.717, 1.165) is 17.1 Å². The van der Waals surface area contributed by atoms with Gasteiger partial charge in [-0.3, -0.25) is 9.80 Å². The summed E-state index contributed by atoms with van der Waals surface area (Å²) in [5.41, 5.74) is 6.19. The van der Waals surface area contributed by atoms with Crippen LogP contribution in [0, 0.1) is 0 Å². The lowest BCUT2D eigenvalue weighted by Crippen LogP contribution is -2.17. The van der Waals surface area contributed by atoms with Crippen molar-refractivity contribution in [3.63, 3.8) is 0 Å². The van der Waals surface area contributed by atoms with Crippen LogP contribution in [0.1, 0.15) is 16.1 Å². The number of benzene rings is 1. The minimum Gasteiger partial charge on any atom is -0.364 e. The van der Waals surface area contributed by atoms with E-state index in [9.17, 15) is 4.79 Å². The molecule has 0 saturated carbocycles. The summed E-state index contributed by atoms with van der Waals surface area (Å²) in [6.07, 6.45) is 1.64. The maximum absolute atomic E-state index is 11.1. The molecule has 1 aromatic heterocycles. The van der Waals surface area contributed by atoms with Gasteiger partial charge in [0.15, 0.2) is 10.7 Å². The molecule has 0 atom stereocenters. The topological polar surface area (TPSA) is 84.5 Å². The van der Waals surface area contributed by atoms with Crippen molar-refractivity contribution in [3.05, 3.63) is 40.5 Å². The second-order valence-electron chi connectivity index (χ2n) is 3.61. The Hall–Kier alpha value is -1.99. The van der Waals surface area contributed by atoms with Gasteiger partial charge in [0.2, 0.25) is 0 Å². The summed E-state index contributed by atoms with van der Waals surface area (Å²) in [7, 11) is 1.69. The van der Waals surface area contributed by atoms with E-state index in [1.54, 1.807) is 25.4 Å². The molecule has 98 valence electrons. The van der Waals surface area contributed by atoms with Crippen molar-refractivity contribution in [1.82, 2.24) is 9.59 Å². The highest BCUT2D eigenvalue weighted by Crippen LogP contribution is 2.21. The normalized spacial score (nSPS) is 10.8. The number of hydrogen-bond donors (Lipinski definition) is 1. The van der Waals surface area contributed by atoms with Gasteiger partial charge in [0, 0.05) is 23.6 Å². The first-order valence-electron chi connectivity index (χ1n) is 5.23. The van der Waals surface area contributed by atoms with Crippen molar-refractivity contribution in [2.45, 2.75) is 0 Å². The zero-order valence-electron chi connectivity index (χ0n) is 9.95. The summed E-state index contributed by atoms with van der Waals surface area (Å²) in [6.45, 7) is 0. The fourth-order valence-corrected chi connectivity index (χ4v) is 2.03. The summed E-state index contributed by atoms with van der Waals surface area (Å²) >= 11 is 6.84. The molecule has 1 aromatic carbocycles. The Morgan fingerprint density at radius 3 is 2.79 bits per heavy atom. The van der Waals surface area contributed by atoms with Crippen LogP contribution in [0.25, 0.3) is 0 Å². The molecular weight excluding hydrogens is 286 g/mol. The first kappa shape index (κ1) is 13.4. The van der Waals surface area contributed by atoms with Crippen LogP contribution in [0.3, 0.4) is 0 Å². The van der Waals surface area contributed by atoms with Gasteiger partial charge in [-0.2, -0.15) is 5.10 Å². The lowest BCUT2D eigenvalue weighted by atomic mass is 10.2. The predicted octanol–water partition coefficient (Wildman–Crippen LogP) is 1.76. The third-order valence-corrected chi connectivity index (χ3v) is 3.29. The quantitative estimate of drug-likeness (QED) is 0.688. The van der Waals surface area contributed by atoms with Crippen LogP contribution < -0.4 is 10.7 Å². The predicted molar refractivity (Wildman–Crippen MR) is 75.9 cm³/mol. The molecular formula is C11H10ClN5OS. The van der Waals surface area contributed by atoms with Crippen LogP contribution in [0.4, 0.5) is 5.00 Å². The minimum atomic E-state index is -0.628. The Kier molecular flexibility index (Phi) is 4.08. The molecule has 2 rings (SSSR count). The molecule has 6 nitrogen and oxygen atoms in total. The molecule has 0 unspecified atom stereocenters. The van der Waals surface area contributed by atoms with Crippen molar-refractivity contribution in [1.29, 1.82) is 0 Å². The van der Waals surface area contributed by atoms with Gasteiger partial charge < -0.3 is 5.73 Å². The van der Waals surface area contributed by atoms with Crippen molar-refractivity contribution in [3.8, 4) is 0 Å². The van der Waals surface area contributed by atoms with Gasteiger partial charge in [-0.05, 0) is 17.7 Å². The summed E-state index contributed by atoms with van der Waals surface area (Å²) < 4.78 is 3.69. The number of amides is 1. The summed E-state index contributed by atoms with van der Waals surface area (Å²) in [5, 5.41) is 10.5. The fraction of sp³-hybridized carbons (Fsp3) is 0.0909. The van der Waals surface area contributed by atoms with Crippen LogP contribution >= 0.6 is 23.1 Å². The van der Waals surface area contributed by atoms with E-state index in [0.29, 0.717) is 10.0 Å². The molecule has 0 aliphatic rings. The standard InChI is InChI=1S/C11H10ClN5OS/c1-17(11-9(10(13)18)15-16-19-11)14-6-7-2-4-8(12)5-3-7/h2-6H,1H3,(H2,13,18)/b14-6+. The first-order valence-corrected chi connectivity index (χ1v) is 6.38. The maximum atomic E-state index is 11.1. The summed E-state index contributed by atoms with van der Waals surface area (Å²) in [5.74, 6) is -0.628. The number of aromatic nitrogens is 2. The number of carbonyl (C=O) groups excluding carboxylic acids is 1. The average Bonchev–Trinajstić information content (AvgIpc) is 2.87. The van der Waals surface area contributed by atoms with Crippen LogP contribution in [-0.2, 0) is 0 Å². The van der Waals surface area contributed by atoms with Crippen LogP contribution in [0.2, 0.25) is 5.02 Å². The van der Waals surface area contributed by atoms with E-state index >= 15 is 0 Å². The Balaban J connectivity index is 2.16. The smallest absolute Gasteiger partial charge is 0.272 e. The third-order valence-electron chi connectivity index (χ3n) is 2.25. The van der Waals surface area contributed by atoms with E-state index in [4.69, 9.17) is 17.3 Å². The molecule has 0 bridgehead atoms. The number of rotatable bonds is 4. The highest BCUT2D eigenvalue weighted by atomic mass is 35.5. The molecule has 8 heteroatoms. The number of hydrazone groups is 1. The summed E-state index contributed by atoms with van der Waals surface area (Å²) in [4.78, 5) is 11.1. The molecule has 1 heterocycles. The number of primary amides is 1. The van der Waals surface area contributed by atoms with Crippen molar-refractivity contribution < 1.29 is 4.79 Å². The van der Waals surface area contributed by atoms with Gasteiger partial charge in [0.25, 0.3) is 5.91 Å². The average molecular weight is 296 g/mol. The zero-order valence-corrected chi connectivity index (χ0v) is 11.5. The number of nitrogens with zero attached hydrogens (tertiary/aromatic N) is 4. The lowest BCUT2D eigenvalue weighted by molar-refractivity contribution is 0.0996. The number of anilines is 1.